The number of para-hydroxylation sites is 1. The third kappa shape index (κ3) is 3.83. The average Bonchev–Trinajstić information content (AvgIpc) is 3.49. The van der Waals surface area contributed by atoms with E-state index in [0.29, 0.717) is 21.3 Å². The van der Waals surface area contributed by atoms with Crippen LogP contribution in [0.15, 0.2) is 47.4 Å². The molecule has 8 heteroatoms. The fourth-order valence-corrected chi connectivity index (χ4v) is 5.71. The largest absolute Gasteiger partial charge is 0.376 e. The Morgan fingerprint density at radius 3 is 2.65 bits per heavy atom. The summed E-state index contributed by atoms with van der Waals surface area (Å²) in [6.07, 6.45) is 6.15. The lowest BCUT2D eigenvalue weighted by Gasteiger charge is -2.26. The summed E-state index contributed by atoms with van der Waals surface area (Å²) in [5.74, 6) is 0. The van der Waals surface area contributed by atoms with Crippen LogP contribution in [0.25, 0.3) is 33.2 Å². The molecule has 34 heavy (non-hydrogen) atoms. The van der Waals surface area contributed by atoms with Crippen LogP contribution in [-0.4, -0.2) is 39.9 Å². The lowest BCUT2D eigenvalue weighted by molar-refractivity contribution is 0.0980. The summed E-state index contributed by atoms with van der Waals surface area (Å²) in [6, 6.07) is 11.8. The van der Waals surface area contributed by atoms with Gasteiger partial charge in [-0.1, -0.05) is 41.4 Å². The van der Waals surface area contributed by atoms with E-state index in [2.05, 4.69) is 28.2 Å². The number of aromatic nitrogens is 3. The molecular formula is C26H26Cl2N4O2. The van der Waals surface area contributed by atoms with Crippen molar-refractivity contribution in [2.75, 3.05) is 19.7 Å². The van der Waals surface area contributed by atoms with Gasteiger partial charge in [-0.05, 0) is 57.0 Å². The molecule has 6 rings (SSSR count). The molecule has 4 heterocycles. The maximum atomic E-state index is 14.0. The van der Waals surface area contributed by atoms with Crippen LogP contribution in [0.1, 0.15) is 31.7 Å². The summed E-state index contributed by atoms with van der Waals surface area (Å²) in [4.78, 5) is 18.9. The molecule has 0 aliphatic carbocycles. The molecule has 0 spiro atoms. The van der Waals surface area contributed by atoms with Crippen LogP contribution >= 0.6 is 23.2 Å². The number of benzene rings is 2. The second kappa shape index (κ2) is 9.00. The maximum Gasteiger partial charge on any atom is 0.277 e. The number of hydrogen-bond acceptors (Lipinski definition) is 4. The Balaban J connectivity index is 1.58. The summed E-state index contributed by atoms with van der Waals surface area (Å²) >= 11 is 12.7. The van der Waals surface area contributed by atoms with Gasteiger partial charge in [0.2, 0.25) is 0 Å². The van der Waals surface area contributed by atoms with Crippen molar-refractivity contribution in [1.82, 2.24) is 19.4 Å². The third-order valence-corrected chi connectivity index (χ3v) is 7.79. The van der Waals surface area contributed by atoms with Gasteiger partial charge in [-0.3, -0.25) is 4.79 Å². The number of nitrogens with one attached hydrogen (secondary N) is 1. The van der Waals surface area contributed by atoms with Gasteiger partial charge in [0.25, 0.3) is 5.56 Å². The predicted octanol–water partition coefficient (Wildman–Crippen LogP) is 5.43. The highest BCUT2D eigenvalue weighted by molar-refractivity contribution is 6.42. The van der Waals surface area contributed by atoms with Crippen molar-refractivity contribution in [1.29, 1.82) is 0 Å². The van der Waals surface area contributed by atoms with Crippen molar-refractivity contribution >= 4 is 45.1 Å². The normalized spacial score (nSPS) is 19.4. The first-order valence-corrected chi connectivity index (χ1v) is 12.7. The van der Waals surface area contributed by atoms with Gasteiger partial charge in [0.1, 0.15) is 5.69 Å². The number of nitrogens with zero attached hydrogens (tertiary/aromatic N) is 3. The summed E-state index contributed by atoms with van der Waals surface area (Å²) in [5, 5.41) is 5.27. The van der Waals surface area contributed by atoms with Crippen molar-refractivity contribution in [3.63, 3.8) is 0 Å². The minimum Gasteiger partial charge on any atom is -0.376 e. The van der Waals surface area contributed by atoms with E-state index in [4.69, 9.17) is 32.9 Å². The lowest BCUT2D eigenvalue weighted by Crippen LogP contribution is -2.35. The minimum absolute atomic E-state index is 0.0791. The Labute approximate surface area is 207 Å². The van der Waals surface area contributed by atoms with Crippen molar-refractivity contribution in [3.8, 4) is 11.3 Å². The lowest BCUT2D eigenvalue weighted by atomic mass is 10.0. The Morgan fingerprint density at radius 1 is 1.06 bits per heavy atom. The van der Waals surface area contributed by atoms with Crippen LogP contribution in [0, 0.1) is 0 Å². The second-order valence-corrected chi connectivity index (χ2v) is 10.0. The van der Waals surface area contributed by atoms with Gasteiger partial charge in [0.15, 0.2) is 0 Å². The van der Waals surface area contributed by atoms with Crippen LogP contribution in [0.4, 0.5) is 0 Å². The van der Waals surface area contributed by atoms with Crippen LogP contribution in [-0.2, 0) is 11.3 Å². The molecule has 1 unspecified atom stereocenters. The van der Waals surface area contributed by atoms with Crippen LogP contribution in [0.5, 0.6) is 0 Å². The summed E-state index contributed by atoms with van der Waals surface area (Å²) < 4.78 is 9.99. The number of halogens is 2. The molecule has 0 saturated carbocycles. The van der Waals surface area contributed by atoms with E-state index in [1.807, 2.05) is 16.7 Å². The monoisotopic (exact) mass is 496 g/mol. The van der Waals surface area contributed by atoms with E-state index in [1.165, 1.54) is 0 Å². The average molecular weight is 497 g/mol. The van der Waals surface area contributed by atoms with E-state index >= 15 is 0 Å². The number of fused-ring (bicyclic) bond motifs is 2. The zero-order valence-electron chi connectivity index (χ0n) is 18.8. The molecule has 2 aromatic carbocycles. The fourth-order valence-electron chi connectivity index (χ4n) is 5.40. The van der Waals surface area contributed by atoms with Crippen molar-refractivity contribution in [3.05, 3.63) is 63.0 Å². The molecule has 0 radical (unpaired) electrons. The predicted molar refractivity (Wildman–Crippen MR) is 137 cm³/mol. The first-order valence-electron chi connectivity index (χ1n) is 11.9. The van der Waals surface area contributed by atoms with Crippen LogP contribution in [0.3, 0.4) is 0 Å². The standard InChI is InChI=1S/C26H26Cl2N4O2/c27-20-12-22-24(13-21(20)28)32(16-7-9-29-10-8-16)26(33)25(30-22)19-15-31(14-17-4-3-11-34-17)23-6-2-1-5-18(19)23/h1-2,5-6,12-13,15-17,29H,3-4,7-11,14H2. The topological polar surface area (TPSA) is 61.1 Å². The SMILES string of the molecule is O=c1c(-c2cn(CC3CCCO3)c3ccccc23)nc2cc(Cl)c(Cl)cc2n1C1CCNCC1. The minimum atomic E-state index is -0.0854. The quantitative estimate of drug-likeness (QED) is 0.409. The van der Waals surface area contributed by atoms with E-state index in [0.717, 1.165) is 73.9 Å². The van der Waals surface area contributed by atoms with E-state index in [1.54, 1.807) is 12.1 Å². The zero-order valence-corrected chi connectivity index (χ0v) is 20.3. The summed E-state index contributed by atoms with van der Waals surface area (Å²) in [6.45, 7) is 3.32. The molecule has 1 atom stereocenters. The van der Waals surface area contributed by atoms with Gasteiger partial charge < -0.3 is 19.2 Å². The highest BCUT2D eigenvalue weighted by Gasteiger charge is 2.25. The highest BCUT2D eigenvalue weighted by Crippen LogP contribution is 2.33. The van der Waals surface area contributed by atoms with Crippen molar-refractivity contribution < 1.29 is 4.74 Å². The summed E-state index contributed by atoms with van der Waals surface area (Å²) in [5.41, 5.74) is 3.70. The Morgan fingerprint density at radius 2 is 1.85 bits per heavy atom. The number of ether oxygens (including phenoxy) is 1. The molecule has 0 bridgehead atoms. The summed E-state index contributed by atoms with van der Waals surface area (Å²) in [7, 11) is 0. The van der Waals surface area contributed by atoms with Gasteiger partial charge in [-0.25, -0.2) is 4.98 Å². The number of hydrogen-bond donors (Lipinski definition) is 1. The van der Waals surface area contributed by atoms with E-state index in [9.17, 15) is 4.79 Å². The Bertz CT molecular complexity index is 1430. The molecule has 2 aliphatic heterocycles. The number of rotatable bonds is 4. The third-order valence-electron chi connectivity index (χ3n) is 7.07. The van der Waals surface area contributed by atoms with Gasteiger partial charge >= 0.3 is 0 Å². The molecule has 2 saturated heterocycles. The Hall–Kier alpha value is -2.38. The zero-order chi connectivity index (χ0) is 23.2. The molecule has 2 fully saturated rings. The fraction of sp³-hybridized carbons (Fsp3) is 0.385. The molecule has 2 aromatic heterocycles. The highest BCUT2D eigenvalue weighted by atomic mass is 35.5. The number of piperidine rings is 1. The first kappa shape index (κ1) is 22.1. The van der Waals surface area contributed by atoms with Gasteiger partial charge in [-0.2, -0.15) is 0 Å². The Kier molecular flexibility index (Phi) is 5.86. The molecule has 1 N–H and O–H groups in total. The van der Waals surface area contributed by atoms with Gasteiger partial charge in [-0.15, -0.1) is 0 Å². The molecule has 6 nitrogen and oxygen atoms in total. The second-order valence-electron chi connectivity index (χ2n) is 9.22. The van der Waals surface area contributed by atoms with E-state index < -0.39 is 0 Å². The van der Waals surface area contributed by atoms with Gasteiger partial charge in [0.05, 0.1) is 27.2 Å². The molecule has 0 amide bonds. The molecular weight excluding hydrogens is 471 g/mol. The van der Waals surface area contributed by atoms with Crippen LogP contribution < -0.4 is 10.9 Å². The van der Waals surface area contributed by atoms with Crippen molar-refractivity contribution in [2.45, 2.75) is 44.4 Å². The van der Waals surface area contributed by atoms with E-state index in [-0.39, 0.29) is 17.7 Å². The van der Waals surface area contributed by atoms with Crippen LogP contribution in [0.2, 0.25) is 10.0 Å². The first-order chi connectivity index (χ1) is 16.6. The maximum absolute atomic E-state index is 14.0. The molecule has 176 valence electrons. The molecule has 4 aromatic rings. The smallest absolute Gasteiger partial charge is 0.277 e. The van der Waals surface area contributed by atoms with Crippen molar-refractivity contribution in [2.24, 2.45) is 0 Å². The van der Waals surface area contributed by atoms with Gasteiger partial charge in [0, 0.05) is 41.9 Å². The molecule has 2 aliphatic rings.